The van der Waals surface area contributed by atoms with Gasteiger partial charge in [0.15, 0.2) is 0 Å². The van der Waals surface area contributed by atoms with E-state index in [1.165, 1.54) is 6.20 Å². The summed E-state index contributed by atoms with van der Waals surface area (Å²) in [5.41, 5.74) is 5.91. The van der Waals surface area contributed by atoms with Crippen LogP contribution in [-0.4, -0.2) is 41.9 Å². The molecule has 1 aromatic rings. The number of ether oxygens (including phenoxy) is 1. The summed E-state index contributed by atoms with van der Waals surface area (Å²) in [6.45, 7) is 2.89. The lowest BCUT2D eigenvalue weighted by atomic mass is 10.0. The Morgan fingerprint density at radius 3 is 2.95 bits per heavy atom. The first-order chi connectivity index (χ1) is 9.02. The van der Waals surface area contributed by atoms with E-state index < -0.39 is 5.97 Å². The lowest BCUT2D eigenvalue weighted by molar-refractivity contribution is 0.0694. The number of piperidine rings is 1. The number of carboxylic acid groups (broad SMARTS) is 1. The minimum absolute atomic E-state index is 0.103. The molecule has 2 atom stereocenters. The Kier molecular flexibility index (Phi) is 3.90. The average molecular weight is 265 g/mol. The number of hydrogen-bond acceptors (Lipinski definition) is 5. The summed E-state index contributed by atoms with van der Waals surface area (Å²) in [6, 6.07) is 1.80. The van der Waals surface area contributed by atoms with Crippen LogP contribution in [0.25, 0.3) is 0 Å². The number of nitrogen functional groups attached to an aromatic ring is 1. The van der Waals surface area contributed by atoms with Crippen molar-refractivity contribution in [1.29, 1.82) is 0 Å². The first kappa shape index (κ1) is 13.6. The molecule has 0 aliphatic carbocycles. The normalized spacial score (nSPS) is 23.4. The van der Waals surface area contributed by atoms with Crippen LogP contribution in [0.2, 0.25) is 0 Å². The lowest BCUT2D eigenvalue weighted by Gasteiger charge is -2.38. The van der Waals surface area contributed by atoms with E-state index in [2.05, 4.69) is 16.8 Å². The molecule has 2 heterocycles. The van der Waals surface area contributed by atoms with Gasteiger partial charge in [0.25, 0.3) is 0 Å². The molecule has 0 bridgehead atoms. The first-order valence-electron chi connectivity index (χ1n) is 6.31. The number of nitrogens with two attached hydrogens (primary N) is 1. The minimum atomic E-state index is -1.03. The van der Waals surface area contributed by atoms with Crippen LogP contribution in [-0.2, 0) is 4.74 Å². The average Bonchev–Trinajstić information content (AvgIpc) is 2.39. The Labute approximate surface area is 112 Å². The highest BCUT2D eigenvalue weighted by Gasteiger charge is 2.26. The van der Waals surface area contributed by atoms with Gasteiger partial charge in [-0.25, -0.2) is 9.78 Å². The number of nitrogens with zero attached hydrogens (tertiary/aromatic N) is 2. The highest BCUT2D eigenvalue weighted by Crippen LogP contribution is 2.26. The van der Waals surface area contributed by atoms with Crippen LogP contribution in [0, 0.1) is 0 Å². The number of hydrogen-bond donors (Lipinski definition) is 2. The predicted octanol–water partition coefficient (Wildman–Crippen LogP) is 1.37. The Bertz CT molecular complexity index is 478. The molecular formula is C13H19N3O3. The zero-order valence-corrected chi connectivity index (χ0v) is 11.2. The summed E-state index contributed by atoms with van der Waals surface area (Å²) in [4.78, 5) is 17.4. The van der Waals surface area contributed by atoms with Crippen molar-refractivity contribution in [3.63, 3.8) is 0 Å². The van der Waals surface area contributed by atoms with E-state index >= 15 is 0 Å². The van der Waals surface area contributed by atoms with Crippen molar-refractivity contribution in [2.75, 3.05) is 24.3 Å². The SMILES string of the molecule is COC1CCN(c2cc(C(=O)O)c(N)cn2)C(C)C1. The molecule has 19 heavy (non-hydrogen) atoms. The molecule has 1 aliphatic heterocycles. The van der Waals surface area contributed by atoms with E-state index in [4.69, 9.17) is 15.6 Å². The van der Waals surface area contributed by atoms with Gasteiger partial charge in [0.2, 0.25) is 0 Å². The van der Waals surface area contributed by atoms with E-state index in [0.717, 1.165) is 19.4 Å². The van der Waals surface area contributed by atoms with Crippen molar-refractivity contribution in [2.45, 2.75) is 31.9 Å². The molecule has 2 rings (SSSR count). The fourth-order valence-electron chi connectivity index (χ4n) is 2.48. The molecule has 0 spiro atoms. The van der Waals surface area contributed by atoms with Crippen molar-refractivity contribution >= 4 is 17.5 Å². The number of aromatic nitrogens is 1. The van der Waals surface area contributed by atoms with Gasteiger partial charge in [-0.1, -0.05) is 0 Å². The number of anilines is 2. The zero-order valence-electron chi connectivity index (χ0n) is 11.2. The zero-order chi connectivity index (χ0) is 14.0. The minimum Gasteiger partial charge on any atom is -0.478 e. The fraction of sp³-hybridized carbons (Fsp3) is 0.538. The molecule has 0 amide bonds. The second kappa shape index (κ2) is 5.44. The maximum absolute atomic E-state index is 11.1. The van der Waals surface area contributed by atoms with Gasteiger partial charge in [-0.05, 0) is 25.8 Å². The van der Waals surface area contributed by atoms with E-state index in [0.29, 0.717) is 5.82 Å². The largest absolute Gasteiger partial charge is 0.478 e. The molecule has 2 unspecified atom stereocenters. The molecule has 0 saturated carbocycles. The van der Waals surface area contributed by atoms with Crippen LogP contribution in [0.4, 0.5) is 11.5 Å². The van der Waals surface area contributed by atoms with E-state index in [9.17, 15) is 4.79 Å². The van der Waals surface area contributed by atoms with Gasteiger partial charge >= 0.3 is 5.97 Å². The third-order valence-electron chi connectivity index (χ3n) is 3.61. The fourth-order valence-corrected chi connectivity index (χ4v) is 2.48. The monoisotopic (exact) mass is 265 g/mol. The summed E-state index contributed by atoms with van der Waals surface area (Å²) in [5, 5.41) is 9.09. The summed E-state index contributed by atoms with van der Waals surface area (Å²) in [6.07, 6.45) is 3.49. The standard InChI is InChI=1S/C13H19N3O3/c1-8-5-9(19-2)3-4-16(8)12-6-10(13(17)18)11(14)7-15-12/h6-9H,3-5,14H2,1-2H3,(H,17,18). The highest BCUT2D eigenvalue weighted by atomic mass is 16.5. The lowest BCUT2D eigenvalue weighted by Crippen LogP contribution is -2.43. The van der Waals surface area contributed by atoms with Crippen molar-refractivity contribution in [3.8, 4) is 0 Å². The van der Waals surface area contributed by atoms with Crippen LogP contribution in [0.5, 0.6) is 0 Å². The molecular weight excluding hydrogens is 246 g/mol. The van der Waals surface area contributed by atoms with Crippen molar-refractivity contribution < 1.29 is 14.6 Å². The molecule has 1 aliphatic rings. The Morgan fingerprint density at radius 2 is 2.37 bits per heavy atom. The number of aromatic carboxylic acids is 1. The maximum atomic E-state index is 11.1. The summed E-state index contributed by atoms with van der Waals surface area (Å²) in [7, 11) is 1.72. The molecule has 3 N–H and O–H groups in total. The number of carbonyl (C=O) groups is 1. The molecule has 0 aromatic carbocycles. The summed E-state index contributed by atoms with van der Waals surface area (Å²) in [5.74, 6) is -0.366. The number of carboxylic acids is 1. The number of pyridine rings is 1. The van der Waals surface area contributed by atoms with Gasteiger partial charge in [-0.2, -0.15) is 0 Å². The van der Waals surface area contributed by atoms with Gasteiger partial charge in [-0.15, -0.1) is 0 Å². The summed E-state index contributed by atoms with van der Waals surface area (Å²) >= 11 is 0. The van der Waals surface area contributed by atoms with E-state index in [1.54, 1.807) is 13.2 Å². The summed E-state index contributed by atoms with van der Waals surface area (Å²) < 4.78 is 5.37. The van der Waals surface area contributed by atoms with Crippen LogP contribution in [0.15, 0.2) is 12.3 Å². The van der Waals surface area contributed by atoms with Crippen molar-refractivity contribution in [1.82, 2.24) is 4.98 Å². The second-order valence-corrected chi connectivity index (χ2v) is 4.86. The van der Waals surface area contributed by atoms with Crippen LogP contribution < -0.4 is 10.6 Å². The maximum Gasteiger partial charge on any atom is 0.337 e. The highest BCUT2D eigenvalue weighted by molar-refractivity contribution is 5.94. The molecule has 1 fully saturated rings. The van der Waals surface area contributed by atoms with Crippen molar-refractivity contribution in [2.24, 2.45) is 0 Å². The van der Waals surface area contributed by atoms with Crippen LogP contribution >= 0.6 is 0 Å². The van der Waals surface area contributed by atoms with Crippen molar-refractivity contribution in [3.05, 3.63) is 17.8 Å². The van der Waals surface area contributed by atoms with Gasteiger partial charge in [-0.3, -0.25) is 0 Å². The Hall–Kier alpha value is -1.82. The number of rotatable bonds is 3. The molecule has 6 nitrogen and oxygen atoms in total. The van der Waals surface area contributed by atoms with E-state index in [1.807, 2.05) is 0 Å². The third kappa shape index (κ3) is 2.78. The molecule has 1 aromatic heterocycles. The molecule has 104 valence electrons. The van der Waals surface area contributed by atoms with Gasteiger partial charge < -0.3 is 20.5 Å². The Morgan fingerprint density at radius 1 is 1.63 bits per heavy atom. The van der Waals surface area contributed by atoms with Crippen LogP contribution in [0.1, 0.15) is 30.1 Å². The van der Waals surface area contributed by atoms with Gasteiger partial charge in [0.05, 0.1) is 23.6 Å². The van der Waals surface area contributed by atoms with Gasteiger partial charge in [0, 0.05) is 19.7 Å². The Balaban J connectivity index is 2.23. The molecule has 1 saturated heterocycles. The number of methoxy groups -OCH3 is 1. The quantitative estimate of drug-likeness (QED) is 0.858. The molecule has 6 heteroatoms. The predicted molar refractivity (Wildman–Crippen MR) is 72.4 cm³/mol. The topological polar surface area (TPSA) is 88.7 Å². The molecule has 0 radical (unpaired) electrons. The second-order valence-electron chi connectivity index (χ2n) is 4.86. The smallest absolute Gasteiger partial charge is 0.337 e. The van der Waals surface area contributed by atoms with E-state index in [-0.39, 0.29) is 23.4 Å². The van der Waals surface area contributed by atoms with Gasteiger partial charge in [0.1, 0.15) is 5.82 Å². The third-order valence-corrected chi connectivity index (χ3v) is 3.61. The van der Waals surface area contributed by atoms with Crippen LogP contribution in [0.3, 0.4) is 0 Å². The first-order valence-corrected chi connectivity index (χ1v) is 6.31.